The van der Waals surface area contributed by atoms with Gasteiger partial charge in [-0.15, -0.1) is 0 Å². The molecule has 1 aromatic rings. The molecule has 0 saturated carbocycles. The molecule has 2 rings (SSSR count). The summed E-state index contributed by atoms with van der Waals surface area (Å²) in [5.41, 5.74) is 0.688. The van der Waals surface area contributed by atoms with Crippen molar-refractivity contribution in [2.75, 3.05) is 11.9 Å². The van der Waals surface area contributed by atoms with Gasteiger partial charge in [0.25, 0.3) is 0 Å². The molecular weight excluding hydrogens is 268 g/mol. The first-order chi connectivity index (χ1) is 9.98. The van der Waals surface area contributed by atoms with Gasteiger partial charge in [0, 0.05) is 12.2 Å². The lowest BCUT2D eigenvalue weighted by molar-refractivity contribution is -0.147. The molecule has 0 fully saturated rings. The van der Waals surface area contributed by atoms with Gasteiger partial charge in [-0.1, -0.05) is 31.5 Å². The van der Waals surface area contributed by atoms with Crippen LogP contribution in [0.2, 0.25) is 0 Å². The molecule has 1 aliphatic heterocycles. The molecule has 0 aromatic heterocycles. The van der Waals surface area contributed by atoms with E-state index >= 15 is 0 Å². The van der Waals surface area contributed by atoms with Crippen molar-refractivity contribution >= 4 is 17.6 Å². The van der Waals surface area contributed by atoms with Crippen LogP contribution in [0.4, 0.5) is 5.69 Å². The highest BCUT2D eigenvalue weighted by Crippen LogP contribution is 2.32. The highest BCUT2D eigenvalue weighted by atomic mass is 16.4. The van der Waals surface area contributed by atoms with E-state index in [1.165, 1.54) is 0 Å². The molecule has 2 atom stereocenters. The van der Waals surface area contributed by atoms with Crippen molar-refractivity contribution in [2.45, 2.75) is 44.6 Å². The molecule has 0 saturated heterocycles. The van der Waals surface area contributed by atoms with Crippen LogP contribution in [0.5, 0.6) is 0 Å². The highest BCUT2D eigenvalue weighted by molar-refractivity contribution is 5.91. The minimum Gasteiger partial charge on any atom is -0.480 e. The highest BCUT2D eigenvalue weighted by Gasteiger charge is 2.37. The molecule has 0 spiro atoms. The zero-order valence-corrected chi connectivity index (χ0v) is 12.5. The number of para-hydroxylation sites is 1. The number of hydrogen-bond donors (Lipinski definition) is 3. The summed E-state index contributed by atoms with van der Waals surface area (Å²) in [5.74, 6) is -1.49. The Hall–Kier alpha value is -2.04. The number of carbonyl (C=O) groups is 2. The summed E-state index contributed by atoms with van der Waals surface area (Å²) >= 11 is 0. The molecule has 3 N–H and O–H groups in total. The van der Waals surface area contributed by atoms with Gasteiger partial charge < -0.3 is 15.7 Å². The van der Waals surface area contributed by atoms with E-state index in [1.54, 1.807) is 6.92 Å². The number of carbonyl (C=O) groups excluding carboxylic acids is 1. The molecule has 0 radical (unpaired) electrons. The molecule has 1 aliphatic rings. The van der Waals surface area contributed by atoms with Gasteiger partial charge in [0.2, 0.25) is 5.91 Å². The van der Waals surface area contributed by atoms with E-state index in [2.05, 4.69) is 10.6 Å². The molecule has 21 heavy (non-hydrogen) atoms. The smallest absolute Gasteiger partial charge is 0.329 e. The van der Waals surface area contributed by atoms with E-state index in [9.17, 15) is 14.7 Å². The number of hydrogen-bond acceptors (Lipinski definition) is 3. The van der Waals surface area contributed by atoms with Gasteiger partial charge in [0.05, 0.1) is 5.92 Å². The normalized spacial score (nSPS) is 19.8. The molecule has 5 heteroatoms. The lowest BCUT2D eigenvalue weighted by Crippen LogP contribution is -2.53. The first-order valence-electron chi connectivity index (χ1n) is 7.36. The molecule has 2 unspecified atom stereocenters. The Labute approximate surface area is 124 Å². The third-order valence-corrected chi connectivity index (χ3v) is 4.02. The van der Waals surface area contributed by atoms with Gasteiger partial charge >= 0.3 is 5.97 Å². The van der Waals surface area contributed by atoms with Gasteiger partial charge in [-0.2, -0.15) is 0 Å². The minimum atomic E-state index is -1.20. The van der Waals surface area contributed by atoms with E-state index in [0.29, 0.717) is 25.8 Å². The van der Waals surface area contributed by atoms with Gasteiger partial charge in [-0.25, -0.2) is 4.79 Å². The Balaban J connectivity index is 2.20. The number of benzene rings is 1. The van der Waals surface area contributed by atoms with E-state index in [1.807, 2.05) is 31.2 Å². The van der Waals surface area contributed by atoms with Crippen LogP contribution in [-0.4, -0.2) is 29.1 Å². The Morgan fingerprint density at radius 3 is 2.81 bits per heavy atom. The molecule has 1 aromatic carbocycles. The van der Waals surface area contributed by atoms with Crippen LogP contribution in [0.1, 0.15) is 44.6 Å². The Morgan fingerprint density at radius 2 is 2.14 bits per heavy atom. The predicted molar refractivity (Wildman–Crippen MR) is 81.4 cm³/mol. The van der Waals surface area contributed by atoms with E-state index in [4.69, 9.17) is 0 Å². The SMILES string of the molecule is CCCC(C)(NC(=O)C1CCNc2ccccc21)C(=O)O. The van der Waals surface area contributed by atoms with E-state index in [-0.39, 0.29) is 11.8 Å². The van der Waals surface area contributed by atoms with Gasteiger partial charge in [-0.05, 0) is 31.4 Å². The number of fused-ring (bicyclic) bond motifs is 1. The summed E-state index contributed by atoms with van der Waals surface area (Å²) in [6.07, 6.45) is 1.79. The molecule has 5 nitrogen and oxygen atoms in total. The van der Waals surface area contributed by atoms with E-state index in [0.717, 1.165) is 11.3 Å². The maximum atomic E-state index is 12.6. The van der Waals surface area contributed by atoms with Crippen LogP contribution in [-0.2, 0) is 9.59 Å². The number of aliphatic carboxylic acids is 1. The van der Waals surface area contributed by atoms with Crippen molar-refractivity contribution in [2.24, 2.45) is 0 Å². The van der Waals surface area contributed by atoms with Crippen molar-refractivity contribution in [1.29, 1.82) is 0 Å². The van der Waals surface area contributed by atoms with Crippen LogP contribution in [0.25, 0.3) is 0 Å². The van der Waals surface area contributed by atoms with Crippen LogP contribution >= 0.6 is 0 Å². The molecular formula is C16H22N2O3. The zero-order chi connectivity index (χ0) is 15.5. The van der Waals surface area contributed by atoms with Crippen molar-refractivity contribution in [3.63, 3.8) is 0 Å². The van der Waals surface area contributed by atoms with Crippen LogP contribution < -0.4 is 10.6 Å². The zero-order valence-electron chi connectivity index (χ0n) is 12.5. The fraction of sp³-hybridized carbons (Fsp3) is 0.500. The fourth-order valence-electron chi connectivity index (χ4n) is 2.82. The van der Waals surface area contributed by atoms with Crippen molar-refractivity contribution in [1.82, 2.24) is 5.32 Å². The summed E-state index contributed by atoms with van der Waals surface area (Å²) in [4.78, 5) is 24.0. The third kappa shape index (κ3) is 3.17. The van der Waals surface area contributed by atoms with Gasteiger partial charge in [0.1, 0.15) is 5.54 Å². The molecule has 1 amide bonds. The Bertz CT molecular complexity index is 544. The number of rotatable bonds is 5. The van der Waals surface area contributed by atoms with Gasteiger partial charge in [0.15, 0.2) is 0 Å². The average Bonchev–Trinajstić information content (AvgIpc) is 2.46. The van der Waals surface area contributed by atoms with Crippen molar-refractivity contribution < 1.29 is 14.7 Å². The Morgan fingerprint density at radius 1 is 1.43 bits per heavy atom. The van der Waals surface area contributed by atoms with Gasteiger partial charge in [-0.3, -0.25) is 4.79 Å². The minimum absolute atomic E-state index is 0.206. The fourth-order valence-corrected chi connectivity index (χ4v) is 2.82. The molecule has 114 valence electrons. The predicted octanol–water partition coefficient (Wildman–Crippen LogP) is 2.35. The summed E-state index contributed by atoms with van der Waals surface area (Å²) in [5, 5.41) is 15.4. The summed E-state index contributed by atoms with van der Waals surface area (Å²) in [6, 6.07) is 7.68. The molecule has 0 aliphatic carbocycles. The lowest BCUT2D eigenvalue weighted by Gasteiger charge is -2.31. The number of carboxylic acids is 1. The maximum absolute atomic E-state index is 12.6. The first kappa shape index (κ1) is 15.4. The third-order valence-electron chi connectivity index (χ3n) is 4.02. The lowest BCUT2D eigenvalue weighted by atomic mass is 9.88. The molecule has 0 bridgehead atoms. The van der Waals surface area contributed by atoms with Crippen molar-refractivity contribution in [3.05, 3.63) is 29.8 Å². The number of anilines is 1. The standard InChI is InChI=1S/C16H22N2O3/c1-3-9-16(2,15(20)21)18-14(19)12-8-10-17-13-7-5-4-6-11(12)13/h4-7,12,17H,3,8-10H2,1-2H3,(H,18,19)(H,20,21). The largest absolute Gasteiger partial charge is 0.480 e. The first-order valence-corrected chi connectivity index (χ1v) is 7.36. The second-order valence-electron chi connectivity index (χ2n) is 5.73. The van der Waals surface area contributed by atoms with E-state index < -0.39 is 11.5 Å². The Kier molecular flexibility index (Phi) is 4.50. The topological polar surface area (TPSA) is 78.4 Å². The second kappa shape index (κ2) is 6.16. The summed E-state index contributed by atoms with van der Waals surface area (Å²) in [7, 11) is 0. The summed E-state index contributed by atoms with van der Waals surface area (Å²) < 4.78 is 0. The van der Waals surface area contributed by atoms with Crippen LogP contribution in [0.3, 0.4) is 0 Å². The number of nitrogens with one attached hydrogen (secondary N) is 2. The monoisotopic (exact) mass is 290 g/mol. The second-order valence-corrected chi connectivity index (χ2v) is 5.73. The van der Waals surface area contributed by atoms with Crippen LogP contribution in [0, 0.1) is 0 Å². The van der Waals surface area contributed by atoms with Crippen LogP contribution in [0.15, 0.2) is 24.3 Å². The number of carboxylic acid groups (broad SMARTS) is 1. The summed E-state index contributed by atoms with van der Waals surface area (Å²) in [6.45, 7) is 4.20. The average molecular weight is 290 g/mol. The maximum Gasteiger partial charge on any atom is 0.329 e. The quantitative estimate of drug-likeness (QED) is 0.778. The van der Waals surface area contributed by atoms with Crippen molar-refractivity contribution in [3.8, 4) is 0 Å². The molecule has 1 heterocycles. The number of amides is 1.